The predicted molar refractivity (Wildman–Crippen MR) is 108 cm³/mol. The zero-order valence-corrected chi connectivity index (χ0v) is 16.4. The molecule has 2 aromatic rings. The van der Waals surface area contributed by atoms with Crippen LogP contribution in [0.1, 0.15) is 13.8 Å². The lowest BCUT2D eigenvalue weighted by atomic mass is 10.0. The van der Waals surface area contributed by atoms with Crippen molar-refractivity contribution in [1.29, 1.82) is 0 Å². The van der Waals surface area contributed by atoms with Crippen LogP contribution >= 0.6 is 0 Å². The number of primary amides is 1. The maximum atomic E-state index is 12.6. The average Bonchev–Trinajstić information content (AvgIpc) is 2.70. The number of para-hydroxylation sites is 1. The molecule has 3 amide bonds. The highest BCUT2D eigenvalue weighted by Gasteiger charge is 2.24. The van der Waals surface area contributed by atoms with Crippen LogP contribution in [0.4, 0.5) is 5.69 Å². The first-order chi connectivity index (χ1) is 13.8. The molecule has 0 saturated heterocycles. The first-order valence-corrected chi connectivity index (χ1v) is 9.14. The number of hydrogen-bond acceptors (Lipinski definition) is 5. The Bertz CT molecular complexity index is 822. The van der Waals surface area contributed by atoms with Crippen LogP contribution in [0.25, 0.3) is 0 Å². The van der Waals surface area contributed by atoms with Gasteiger partial charge in [-0.2, -0.15) is 0 Å². The third-order valence-corrected chi connectivity index (χ3v) is 3.88. The maximum Gasteiger partial charge on any atom is 0.258 e. The Morgan fingerprint density at radius 1 is 0.897 bits per heavy atom. The summed E-state index contributed by atoms with van der Waals surface area (Å²) in [6.45, 7) is 3.26. The molecule has 0 fully saturated rings. The summed E-state index contributed by atoms with van der Waals surface area (Å²) in [6.07, 6.45) is 0. The minimum absolute atomic E-state index is 0.131. The lowest BCUT2D eigenvalue weighted by Gasteiger charge is -2.22. The van der Waals surface area contributed by atoms with Crippen molar-refractivity contribution in [3.8, 4) is 11.5 Å². The van der Waals surface area contributed by atoms with Crippen LogP contribution in [0.5, 0.6) is 11.5 Å². The van der Waals surface area contributed by atoms with Crippen molar-refractivity contribution in [3.63, 3.8) is 0 Å². The Hall–Kier alpha value is -3.55. The van der Waals surface area contributed by atoms with Crippen molar-refractivity contribution in [3.05, 3.63) is 54.6 Å². The molecule has 0 aliphatic rings. The van der Waals surface area contributed by atoms with Crippen molar-refractivity contribution >= 4 is 23.4 Å². The number of anilines is 1. The first-order valence-electron chi connectivity index (χ1n) is 9.14. The summed E-state index contributed by atoms with van der Waals surface area (Å²) in [5.41, 5.74) is 5.56. The fourth-order valence-corrected chi connectivity index (χ4v) is 2.42. The van der Waals surface area contributed by atoms with E-state index in [1.54, 1.807) is 36.4 Å². The number of carbonyl (C=O) groups excluding carboxylic acids is 3. The van der Waals surface area contributed by atoms with Crippen LogP contribution in [0, 0.1) is 5.92 Å². The molecule has 0 aliphatic heterocycles. The largest absolute Gasteiger partial charge is 0.484 e. The fraction of sp³-hybridized carbons (Fsp3) is 0.286. The van der Waals surface area contributed by atoms with Gasteiger partial charge in [-0.25, -0.2) is 0 Å². The highest BCUT2D eigenvalue weighted by atomic mass is 16.5. The molecule has 8 heteroatoms. The van der Waals surface area contributed by atoms with Crippen LogP contribution in [0.15, 0.2) is 54.6 Å². The summed E-state index contributed by atoms with van der Waals surface area (Å²) >= 11 is 0. The molecule has 2 rings (SSSR count). The summed E-state index contributed by atoms with van der Waals surface area (Å²) in [6, 6.07) is 14.7. The van der Waals surface area contributed by atoms with Gasteiger partial charge in [0.2, 0.25) is 5.91 Å². The second-order valence-corrected chi connectivity index (χ2v) is 6.66. The van der Waals surface area contributed by atoms with E-state index in [-0.39, 0.29) is 25.0 Å². The zero-order chi connectivity index (χ0) is 21.2. The van der Waals surface area contributed by atoms with E-state index in [4.69, 9.17) is 15.2 Å². The van der Waals surface area contributed by atoms with Crippen LogP contribution in [0.3, 0.4) is 0 Å². The van der Waals surface area contributed by atoms with Crippen LogP contribution in [0.2, 0.25) is 0 Å². The molecule has 0 saturated carbocycles. The number of hydrogen-bond donors (Lipinski definition) is 3. The lowest BCUT2D eigenvalue weighted by Crippen LogP contribution is -2.48. The Morgan fingerprint density at radius 3 is 2.07 bits per heavy atom. The predicted octanol–water partition coefficient (Wildman–Crippen LogP) is 1.71. The summed E-state index contributed by atoms with van der Waals surface area (Å²) in [5, 5.41) is 5.45. The van der Waals surface area contributed by atoms with Gasteiger partial charge in [0.25, 0.3) is 11.8 Å². The molecule has 154 valence electrons. The van der Waals surface area contributed by atoms with Gasteiger partial charge in [0, 0.05) is 5.69 Å². The smallest absolute Gasteiger partial charge is 0.258 e. The summed E-state index contributed by atoms with van der Waals surface area (Å²) in [7, 11) is 0. The molecule has 4 N–H and O–H groups in total. The van der Waals surface area contributed by atoms with Gasteiger partial charge < -0.3 is 25.8 Å². The Morgan fingerprint density at radius 2 is 1.48 bits per heavy atom. The Balaban J connectivity index is 1.89. The molecule has 0 radical (unpaired) electrons. The second kappa shape index (κ2) is 10.7. The highest BCUT2D eigenvalue weighted by Crippen LogP contribution is 2.16. The summed E-state index contributed by atoms with van der Waals surface area (Å²) < 4.78 is 10.6. The van der Waals surface area contributed by atoms with Gasteiger partial charge in [-0.1, -0.05) is 32.0 Å². The standard InChI is InChI=1S/C21H25N3O5/c1-14(2)20(24-19(26)13-29-16-6-4-3-5-7-16)21(27)23-15-8-10-17(11-9-15)28-12-18(22)25/h3-11,14,20H,12-13H2,1-2H3,(H2,22,25)(H,23,27)(H,24,26). The molecule has 1 atom stereocenters. The van der Waals surface area contributed by atoms with Crippen molar-refractivity contribution in [2.45, 2.75) is 19.9 Å². The van der Waals surface area contributed by atoms with Crippen molar-refractivity contribution < 1.29 is 23.9 Å². The summed E-state index contributed by atoms with van der Waals surface area (Å²) in [5.74, 6) is -0.417. The monoisotopic (exact) mass is 399 g/mol. The quantitative estimate of drug-likeness (QED) is 0.562. The van der Waals surface area contributed by atoms with E-state index >= 15 is 0 Å². The van der Waals surface area contributed by atoms with Crippen LogP contribution in [-0.2, 0) is 14.4 Å². The van der Waals surface area contributed by atoms with Gasteiger partial charge in [0.1, 0.15) is 17.5 Å². The van der Waals surface area contributed by atoms with E-state index < -0.39 is 17.9 Å². The lowest BCUT2D eigenvalue weighted by molar-refractivity contribution is -0.128. The first kappa shape index (κ1) is 21.7. The van der Waals surface area contributed by atoms with Gasteiger partial charge in [0.15, 0.2) is 13.2 Å². The third-order valence-electron chi connectivity index (χ3n) is 3.88. The topological polar surface area (TPSA) is 120 Å². The molecular formula is C21H25N3O5. The summed E-state index contributed by atoms with van der Waals surface area (Å²) in [4.78, 5) is 35.5. The van der Waals surface area contributed by atoms with E-state index in [0.29, 0.717) is 17.2 Å². The van der Waals surface area contributed by atoms with Gasteiger partial charge in [-0.15, -0.1) is 0 Å². The van der Waals surface area contributed by atoms with Gasteiger partial charge in [-0.05, 0) is 42.3 Å². The normalized spacial score (nSPS) is 11.4. The number of rotatable bonds is 10. The second-order valence-electron chi connectivity index (χ2n) is 6.66. The molecule has 0 aromatic heterocycles. The number of carbonyl (C=O) groups is 3. The number of nitrogens with two attached hydrogens (primary N) is 1. The van der Waals surface area contributed by atoms with Crippen LogP contribution < -0.4 is 25.8 Å². The zero-order valence-electron chi connectivity index (χ0n) is 16.4. The molecule has 8 nitrogen and oxygen atoms in total. The van der Waals surface area contributed by atoms with Crippen LogP contribution in [-0.4, -0.2) is 37.0 Å². The maximum absolute atomic E-state index is 12.6. The molecule has 1 unspecified atom stereocenters. The average molecular weight is 399 g/mol. The molecule has 2 aromatic carbocycles. The van der Waals surface area contributed by atoms with Crippen molar-refractivity contribution in [2.75, 3.05) is 18.5 Å². The molecule has 0 aliphatic carbocycles. The van der Waals surface area contributed by atoms with E-state index in [1.165, 1.54) is 0 Å². The number of ether oxygens (including phenoxy) is 2. The molecule has 0 bridgehead atoms. The minimum atomic E-state index is -0.729. The Labute approximate surface area is 169 Å². The minimum Gasteiger partial charge on any atom is -0.484 e. The number of amides is 3. The Kier molecular flexibility index (Phi) is 8.02. The van der Waals surface area contributed by atoms with E-state index in [0.717, 1.165) is 0 Å². The third kappa shape index (κ3) is 7.53. The van der Waals surface area contributed by atoms with E-state index in [9.17, 15) is 14.4 Å². The van der Waals surface area contributed by atoms with E-state index in [2.05, 4.69) is 10.6 Å². The number of benzene rings is 2. The van der Waals surface area contributed by atoms with Crippen molar-refractivity contribution in [2.24, 2.45) is 11.7 Å². The van der Waals surface area contributed by atoms with Gasteiger partial charge in [0.05, 0.1) is 0 Å². The SMILES string of the molecule is CC(C)C(NC(=O)COc1ccccc1)C(=O)Nc1ccc(OCC(N)=O)cc1. The molecule has 0 heterocycles. The van der Waals surface area contributed by atoms with E-state index in [1.807, 2.05) is 32.0 Å². The van der Waals surface area contributed by atoms with Gasteiger partial charge >= 0.3 is 0 Å². The fourth-order valence-electron chi connectivity index (χ4n) is 2.42. The molecular weight excluding hydrogens is 374 g/mol. The highest BCUT2D eigenvalue weighted by molar-refractivity contribution is 5.97. The number of nitrogens with one attached hydrogen (secondary N) is 2. The van der Waals surface area contributed by atoms with Gasteiger partial charge in [-0.3, -0.25) is 14.4 Å². The molecule has 0 spiro atoms. The van der Waals surface area contributed by atoms with Crippen molar-refractivity contribution in [1.82, 2.24) is 5.32 Å². The molecule has 29 heavy (non-hydrogen) atoms.